The molecule has 12 aromatic carbocycles. The molecule has 0 saturated heterocycles. The molecular formula is C78H54N4. The van der Waals surface area contributed by atoms with E-state index in [1.165, 1.54) is 60.8 Å². The van der Waals surface area contributed by atoms with Gasteiger partial charge in [0, 0.05) is 22.4 Å². The molecule has 13 aromatic rings. The van der Waals surface area contributed by atoms with E-state index in [1.54, 1.807) is 0 Å². The van der Waals surface area contributed by atoms with Crippen LogP contribution in [0.3, 0.4) is 0 Å². The Bertz CT molecular complexity index is 4420. The molecular weight excluding hydrogens is 993 g/mol. The van der Waals surface area contributed by atoms with E-state index in [0.717, 1.165) is 72.9 Å². The van der Waals surface area contributed by atoms with Gasteiger partial charge in [-0.2, -0.15) is 0 Å². The van der Waals surface area contributed by atoms with E-state index < -0.39 is 0 Å². The third-order valence-electron chi connectivity index (χ3n) is 15.6. The molecule has 1 atom stereocenters. The van der Waals surface area contributed by atoms with Gasteiger partial charge >= 0.3 is 0 Å². The van der Waals surface area contributed by atoms with Crippen LogP contribution in [0.25, 0.3) is 117 Å². The van der Waals surface area contributed by atoms with Crippen LogP contribution in [0.1, 0.15) is 22.9 Å². The summed E-state index contributed by atoms with van der Waals surface area (Å²) in [7, 11) is 0. The van der Waals surface area contributed by atoms with Crippen LogP contribution < -0.4 is 5.32 Å². The minimum absolute atomic E-state index is 0.240. The highest BCUT2D eigenvalue weighted by Crippen LogP contribution is 2.38. The van der Waals surface area contributed by atoms with Crippen LogP contribution in [0.15, 0.2) is 320 Å². The van der Waals surface area contributed by atoms with E-state index in [4.69, 9.17) is 15.0 Å². The van der Waals surface area contributed by atoms with E-state index in [-0.39, 0.29) is 6.17 Å². The fraction of sp³-hybridized carbons (Fsp3) is 0.0128. The zero-order valence-electron chi connectivity index (χ0n) is 44.9. The lowest BCUT2D eigenvalue weighted by atomic mass is 9.92. The number of allylic oxidation sites excluding steroid dienone is 1. The lowest BCUT2D eigenvalue weighted by molar-refractivity contribution is 0.664. The van der Waals surface area contributed by atoms with Crippen LogP contribution in [0, 0.1) is 0 Å². The molecule has 0 fully saturated rings. The van der Waals surface area contributed by atoms with Gasteiger partial charge in [-0.1, -0.05) is 303 Å². The Labute approximate surface area is 478 Å². The molecule has 0 amide bonds. The van der Waals surface area contributed by atoms with Gasteiger partial charge in [0.2, 0.25) is 0 Å². The molecule has 4 nitrogen and oxygen atoms in total. The molecule has 1 unspecified atom stereocenters. The summed E-state index contributed by atoms with van der Waals surface area (Å²) in [5.41, 5.74) is 24.2. The van der Waals surface area contributed by atoms with Crippen molar-refractivity contribution in [3.05, 3.63) is 332 Å². The smallest absolute Gasteiger partial charge is 0.160 e. The lowest BCUT2D eigenvalue weighted by Gasteiger charge is -2.25. The van der Waals surface area contributed by atoms with Crippen LogP contribution >= 0.6 is 0 Å². The fourth-order valence-corrected chi connectivity index (χ4v) is 11.2. The van der Waals surface area contributed by atoms with Crippen molar-refractivity contribution < 1.29 is 0 Å². The number of aromatic nitrogens is 2. The highest BCUT2D eigenvalue weighted by Gasteiger charge is 2.21. The number of hydrogen-bond acceptors (Lipinski definition) is 4. The van der Waals surface area contributed by atoms with Gasteiger partial charge in [-0.15, -0.1) is 0 Å². The predicted octanol–water partition coefficient (Wildman–Crippen LogP) is 19.8. The molecule has 82 heavy (non-hydrogen) atoms. The summed E-state index contributed by atoms with van der Waals surface area (Å²) in [5.74, 6) is 0.692. The number of nitrogens with zero attached hydrogens (tertiary/aromatic N) is 3. The Morgan fingerprint density at radius 3 is 1.00 bits per heavy atom. The second kappa shape index (κ2) is 22.1. The Balaban J connectivity index is 0.727. The van der Waals surface area contributed by atoms with Crippen molar-refractivity contribution in [2.75, 3.05) is 0 Å². The topological polar surface area (TPSA) is 50.2 Å². The Morgan fingerprint density at radius 2 is 0.585 bits per heavy atom. The lowest BCUT2D eigenvalue weighted by Crippen LogP contribution is -2.24. The average molecular weight is 1050 g/mol. The van der Waals surface area contributed by atoms with Gasteiger partial charge in [-0.05, 0) is 106 Å². The highest BCUT2D eigenvalue weighted by atomic mass is 15.1. The van der Waals surface area contributed by atoms with Gasteiger partial charge in [0.25, 0.3) is 0 Å². The number of benzene rings is 12. The van der Waals surface area contributed by atoms with Crippen molar-refractivity contribution in [1.82, 2.24) is 15.3 Å². The number of nitrogens with one attached hydrogen (secondary N) is 1. The first-order chi connectivity index (χ1) is 40.6. The molecule has 1 aromatic heterocycles. The van der Waals surface area contributed by atoms with Crippen molar-refractivity contribution in [3.63, 3.8) is 0 Å². The molecule has 1 aliphatic heterocycles. The first-order valence-corrected chi connectivity index (χ1v) is 27.9. The summed E-state index contributed by atoms with van der Waals surface area (Å²) in [6.07, 6.45) is 1.95. The largest absolute Gasteiger partial charge is 0.360 e. The predicted molar refractivity (Wildman–Crippen MR) is 342 cm³/mol. The standard InChI is InChI=1S/C78H54N4/c1-5-15-53(16-6-1)55-27-31-57(32-28-55)59-35-43-63(44-36-59)73-51-75(81-77(79-73)67-19-9-3-10-20-67)65-47-39-61(40-48-65)69-23-13-26-72-70(24-14-25-71(69)72)62-41-49-66(50-42-62)76-52-74(80-78(82-76)68-21-11-4-12-22-68)64-45-37-60(38-46-64)58-33-29-56(30-34-58)54-17-7-2-8-18-54/h1-52,77,79H. The van der Waals surface area contributed by atoms with Gasteiger partial charge in [-0.3, -0.25) is 4.99 Å². The first kappa shape index (κ1) is 49.5. The Kier molecular flexibility index (Phi) is 13.4. The number of fused-ring (bicyclic) bond motifs is 1. The number of rotatable bonds is 12. The van der Waals surface area contributed by atoms with Crippen LogP contribution in [0.4, 0.5) is 0 Å². The van der Waals surface area contributed by atoms with Crippen molar-refractivity contribution in [2.24, 2.45) is 4.99 Å². The molecule has 2 heterocycles. The molecule has 386 valence electrons. The summed E-state index contributed by atoms with van der Waals surface area (Å²) in [6.45, 7) is 0. The third-order valence-corrected chi connectivity index (χ3v) is 15.6. The van der Waals surface area contributed by atoms with Crippen LogP contribution in [-0.2, 0) is 0 Å². The molecule has 0 spiro atoms. The van der Waals surface area contributed by atoms with Crippen LogP contribution in [0.2, 0.25) is 0 Å². The maximum Gasteiger partial charge on any atom is 0.160 e. The fourth-order valence-electron chi connectivity index (χ4n) is 11.2. The van der Waals surface area contributed by atoms with Crippen molar-refractivity contribution in [3.8, 4) is 101 Å². The minimum atomic E-state index is -0.240. The van der Waals surface area contributed by atoms with Crippen LogP contribution in [-0.4, -0.2) is 15.7 Å². The maximum absolute atomic E-state index is 5.30. The normalized spacial score (nSPS) is 13.0. The summed E-state index contributed by atoms with van der Waals surface area (Å²) in [6, 6.07) is 110. The summed E-state index contributed by atoms with van der Waals surface area (Å²) in [4.78, 5) is 15.6. The molecule has 0 radical (unpaired) electrons. The molecule has 0 bridgehead atoms. The SMILES string of the molecule is C1=C(c2ccc(-c3ccc(-c4ccccc4)cc3)cc2)NC(c2ccccc2)N=C1c1ccc(-c2cccc3c(-c4ccc(-c5cc(-c6ccc(-c7ccc(-c8ccccc8)cc7)cc6)nc(-c6ccccc6)n5)cc4)cccc23)cc1. The highest BCUT2D eigenvalue weighted by molar-refractivity contribution is 6.13. The zero-order chi connectivity index (χ0) is 54.6. The van der Waals surface area contributed by atoms with Crippen LogP contribution in [0.5, 0.6) is 0 Å². The number of hydrogen-bond donors (Lipinski definition) is 1. The summed E-state index contributed by atoms with van der Waals surface area (Å²) < 4.78 is 0. The molecule has 4 heteroatoms. The minimum Gasteiger partial charge on any atom is -0.360 e. The third kappa shape index (κ3) is 10.2. The quantitative estimate of drug-likeness (QED) is 0.133. The van der Waals surface area contributed by atoms with Gasteiger partial charge in [0.1, 0.15) is 6.17 Å². The monoisotopic (exact) mass is 1050 g/mol. The summed E-state index contributed by atoms with van der Waals surface area (Å²) in [5, 5.41) is 6.14. The molecule has 1 aliphatic rings. The maximum atomic E-state index is 5.30. The van der Waals surface area contributed by atoms with Crippen molar-refractivity contribution in [1.29, 1.82) is 0 Å². The van der Waals surface area contributed by atoms with Gasteiger partial charge < -0.3 is 5.32 Å². The molecule has 1 N–H and O–H groups in total. The van der Waals surface area contributed by atoms with Gasteiger partial charge in [0.15, 0.2) is 5.82 Å². The second-order valence-corrected chi connectivity index (χ2v) is 20.8. The van der Waals surface area contributed by atoms with E-state index >= 15 is 0 Å². The van der Waals surface area contributed by atoms with E-state index in [1.807, 2.05) is 18.2 Å². The van der Waals surface area contributed by atoms with E-state index in [0.29, 0.717) is 5.82 Å². The molecule has 0 saturated carbocycles. The van der Waals surface area contributed by atoms with Crippen molar-refractivity contribution >= 4 is 22.2 Å². The first-order valence-electron chi connectivity index (χ1n) is 27.9. The Morgan fingerprint density at radius 1 is 0.256 bits per heavy atom. The second-order valence-electron chi connectivity index (χ2n) is 20.8. The van der Waals surface area contributed by atoms with Gasteiger partial charge in [-0.25, -0.2) is 9.97 Å². The number of aliphatic imine (C=N–C) groups is 1. The van der Waals surface area contributed by atoms with E-state index in [9.17, 15) is 0 Å². The molecule has 0 aliphatic carbocycles. The average Bonchev–Trinajstić information content (AvgIpc) is 3.76. The summed E-state index contributed by atoms with van der Waals surface area (Å²) >= 11 is 0. The molecule has 14 rings (SSSR count). The Hall–Kier alpha value is -10.8. The van der Waals surface area contributed by atoms with E-state index in [2.05, 4.69) is 303 Å². The zero-order valence-corrected chi connectivity index (χ0v) is 44.9. The van der Waals surface area contributed by atoms with Gasteiger partial charge in [0.05, 0.1) is 17.1 Å². The van der Waals surface area contributed by atoms with Crippen molar-refractivity contribution in [2.45, 2.75) is 6.17 Å².